The van der Waals surface area contributed by atoms with Crippen LogP contribution >= 0.6 is 0 Å². The van der Waals surface area contributed by atoms with E-state index in [2.05, 4.69) is 25.7 Å². The second-order valence-electron chi connectivity index (χ2n) is 9.14. The van der Waals surface area contributed by atoms with Crippen molar-refractivity contribution in [3.05, 3.63) is 77.4 Å². The number of carbonyl (C=O) groups is 1. The van der Waals surface area contributed by atoms with Crippen LogP contribution in [-0.4, -0.2) is 25.7 Å². The van der Waals surface area contributed by atoms with E-state index in [0.29, 0.717) is 35.4 Å². The lowest BCUT2D eigenvalue weighted by molar-refractivity contribution is 0.0958. The van der Waals surface area contributed by atoms with Gasteiger partial charge in [-0.1, -0.05) is 12.1 Å². The summed E-state index contributed by atoms with van der Waals surface area (Å²) in [5.41, 5.74) is 5.51. The van der Waals surface area contributed by atoms with Gasteiger partial charge in [-0.3, -0.25) is 9.78 Å². The third kappa shape index (κ3) is 3.95. The first-order valence-corrected chi connectivity index (χ1v) is 11.9. The van der Waals surface area contributed by atoms with Crippen LogP contribution in [0.1, 0.15) is 60.3 Å². The van der Waals surface area contributed by atoms with E-state index in [0.717, 1.165) is 28.1 Å². The number of nitrogens with one attached hydrogen (secondary N) is 2. The molecule has 1 aliphatic carbocycles. The SMILES string of the molecule is CCn1nc(-c2ccc(-c3ccc(C4CC4)nc3)cc2F)nc1Nc1ccc2c(c1)C(C)NC2=O. The molecular formula is C27H25FN6O. The lowest BCUT2D eigenvalue weighted by Gasteiger charge is -2.09. The smallest absolute Gasteiger partial charge is 0.252 e. The second-order valence-corrected chi connectivity index (χ2v) is 9.14. The van der Waals surface area contributed by atoms with Crippen LogP contribution in [0.25, 0.3) is 22.5 Å². The Morgan fingerprint density at radius 3 is 2.60 bits per heavy atom. The summed E-state index contributed by atoms with van der Waals surface area (Å²) in [5.74, 6) is 0.962. The van der Waals surface area contributed by atoms with Crippen molar-refractivity contribution in [2.24, 2.45) is 0 Å². The number of amides is 1. The largest absolute Gasteiger partial charge is 0.345 e. The van der Waals surface area contributed by atoms with Crippen LogP contribution in [0.2, 0.25) is 0 Å². The Labute approximate surface area is 202 Å². The van der Waals surface area contributed by atoms with Gasteiger partial charge in [-0.15, -0.1) is 5.10 Å². The normalized spacial score (nSPS) is 16.8. The van der Waals surface area contributed by atoms with Crippen molar-refractivity contribution in [3.8, 4) is 22.5 Å². The second kappa shape index (κ2) is 8.30. The fraction of sp³-hybridized carbons (Fsp3) is 0.259. The van der Waals surface area contributed by atoms with Gasteiger partial charge in [-0.25, -0.2) is 9.07 Å². The molecule has 0 radical (unpaired) electrons. The molecule has 1 unspecified atom stereocenters. The Bertz CT molecular complexity index is 1440. The van der Waals surface area contributed by atoms with E-state index in [1.165, 1.54) is 18.9 Å². The summed E-state index contributed by atoms with van der Waals surface area (Å²) in [6.07, 6.45) is 4.22. The molecule has 35 heavy (non-hydrogen) atoms. The van der Waals surface area contributed by atoms with Crippen molar-refractivity contribution in [1.29, 1.82) is 0 Å². The molecule has 2 aromatic heterocycles. The number of nitrogens with zero attached hydrogens (tertiary/aromatic N) is 4. The number of anilines is 2. The van der Waals surface area contributed by atoms with E-state index >= 15 is 4.39 Å². The highest BCUT2D eigenvalue weighted by Gasteiger charge is 2.26. The van der Waals surface area contributed by atoms with Crippen LogP contribution < -0.4 is 10.6 Å². The van der Waals surface area contributed by atoms with E-state index in [4.69, 9.17) is 0 Å². The summed E-state index contributed by atoms with van der Waals surface area (Å²) in [4.78, 5) is 21.1. The van der Waals surface area contributed by atoms with Crippen molar-refractivity contribution < 1.29 is 9.18 Å². The highest BCUT2D eigenvalue weighted by molar-refractivity contribution is 5.99. The third-order valence-electron chi connectivity index (χ3n) is 6.66. The van der Waals surface area contributed by atoms with Crippen LogP contribution in [0, 0.1) is 5.82 Å². The third-order valence-corrected chi connectivity index (χ3v) is 6.66. The Hall–Kier alpha value is -4.07. The van der Waals surface area contributed by atoms with Gasteiger partial charge in [0.1, 0.15) is 5.82 Å². The minimum Gasteiger partial charge on any atom is -0.345 e. The van der Waals surface area contributed by atoms with Crippen LogP contribution in [0.3, 0.4) is 0 Å². The fourth-order valence-corrected chi connectivity index (χ4v) is 4.53. The van der Waals surface area contributed by atoms with Crippen molar-refractivity contribution in [2.45, 2.75) is 45.2 Å². The number of halogens is 1. The van der Waals surface area contributed by atoms with Crippen LogP contribution in [-0.2, 0) is 6.54 Å². The van der Waals surface area contributed by atoms with Crippen molar-refractivity contribution >= 4 is 17.5 Å². The van der Waals surface area contributed by atoms with Gasteiger partial charge in [-0.2, -0.15) is 4.98 Å². The molecular weight excluding hydrogens is 443 g/mol. The number of aryl methyl sites for hydroxylation is 1. The minimum atomic E-state index is -0.385. The predicted molar refractivity (Wildman–Crippen MR) is 132 cm³/mol. The number of fused-ring (bicyclic) bond motifs is 1. The number of benzene rings is 2. The maximum Gasteiger partial charge on any atom is 0.252 e. The Balaban J connectivity index is 1.27. The summed E-state index contributed by atoms with van der Waals surface area (Å²) in [5, 5.41) is 10.7. The number of aromatic nitrogens is 4. The first-order valence-electron chi connectivity index (χ1n) is 11.9. The molecule has 6 rings (SSSR count). The highest BCUT2D eigenvalue weighted by atomic mass is 19.1. The summed E-state index contributed by atoms with van der Waals surface area (Å²) in [6, 6.07) is 14.7. The molecule has 7 nitrogen and oxygen atoms in total. The molecule has 1 amide bonds. The average molecular weight is 469 g/mol. The summed E-state index contributed by atoms with van der Waals surface area (Å²) in [6.45, 7) is 4.47. The molecule has 1 atom stereocenters. The zero-order valence-corrected chi connectivity index (χ0v) is 19.5. The molecule has 4 aromatic rings. The Kier molecular flexibility index (Phi) is 5.09. The van der Waals surface area contributed by atoms with E-state index in [-0.39, 0.29) is 17.8 Å². The zero-order valence-electron chi connectivity index (χ0n) is 19.5. The molecule has 0 saturated heterocycles. The fourth-order valence-electron chi connectivity index (χ4n) is 4.53. The van der Waals surface area contributed by atoms with Gasteiger partial charge in [-0.05, 0) is 74.2 Å². The first kappa shape index (κ1) is 21.5. The van der Waals surface area contributed by atoms with Gasteiger partial charge in [0.15, 0.2) is 5.82 Å². The summed E-state index contributed by atoms with van der Waals surface area (Å²) >= 11 is 0. The number of pyridine rings is 1. The van der Waals surface area contributed by atoms with Gasteiger partial charge >= 0.3 is 0 Å². The highest BCUT2D eigenvalue weighted by Crippen LogP contribution is 2.39. The molecule has 0 spiro atoms. The maximum absolute atomic E-state index is 15.2. The van der Waals surface area contributed by atoms with Crippen molar-refractivity contribution in [3.63, 3.8) is 0 Å². The van der Waals surface area contributed by atoms with Crippen LogP contribution in [0.5, 0.6) is 0 Å². The summed E-state index contributed by atoms with van der Waals surface area (Å²) < 4.78 is 16.9. The zero-order chi connectivity index (χ0) is 24.1. The maximum atomic E-state index is 15.2. The number of rotatable bonds is 6. The molecule has 2 aliphatic rings. The summed E-state index contributed by atoms with van der Waals surface area (Å²) in [7, 11) is 0. The standard InChI is InChI=1S/C27H25FN6O/c1-3-34-27(31-19-8-10-20-22(13-19)15(2)30-26(20)35)32-25(33-34)21-9-6-17(12-23(21)28)18-7-11-24(29-14-18)16-4-5-16/h6-16H,3-5H2,1-2H3,(H,30,35)(H,31,32,33). The van der Waals surface area contributed by atoms with E-state index in [1.807, 2.05) is 50.4 Å². The van der Waals surface area contributed by atoms with Gasteiger partial charge in [0.05, 0.1) is 11.6 Å². The Morgan fingerprint density at radius 2 is 1.89 bits per heavy atom. The topological polar surface area (TPSA) is 84.7 Å². The molecule has 1 saturated carbocycles. The number of hydrogen-bond donors (Lipinski definition) is 2. The van der Waals surface area contributed by atoms with Gasteiger partial charge in [0, 0.05) is 41.2 Å². The van der Waals surface area contributed by atoms with E-state index < -0.39 is 0 Å². The molecule has 2 N–H and O–H groups in total. The van der Waals surface area contributed by atoms with Gasteiger partial charge < -0.3 is 10.6 Å². The van der Waals surface area contributed by atoms with E-state index in [1.54, 1.807) is 16.8 Å². The number of hydrogen-bond acceptors (Lipinski definition) is 5. The van der Waals surface area contributed by atoms with Crippen molar-refractivity contribution in [2.75, 3.05) is 5.32 Å². The van der Waals surface area contributed by atoms with Crippen LogP contribution in [0.15, 0.2) is 54.7 Å². The molecule has 1 aliphatic heterocycles. The molecule has 3 heterocycles. The monoisotopic (exact) mass is 468 g/mol. The lowest BCUT2D eigenvalue weighted by atomic mass is 10.0. The van der Waals surface area contributed by atoms with Gasteiger partial charge in [0.2, 0.25) is 5.95 Å². The van der Waals surface area contributed by atoms with E-state index in [9.17, 15) is 4.79 Å². The molecule has 8 heteroatoms. The molecule has 0 bridgehead atoms. The first-order chi connectivity index (χ1) is 17.0. The molecule has 1 fully saturated rings. The molecule has 2 aromatic carbocycles. The molecule has 176 valence electrons. The predicted octanol–water partition coefficient (Wildman–Crippen LogP) is 5.59. The quantitative estimate of drug-likeness (QED) is 0.385. The van der Waals surface area contributed by atoms with Gasteiger partial charge in [0.25, 0.3) is 5.91 Å². The Morgan fingerprint density at radius 1 is 1.09 bits per heavy atom. The van der Waals surface area contributed by atoms with Crippen LogP contribution in [0.4, 0.5) is 16.0 Å². The average Bonchev–Trinajstić information content (AvgIpc) is 3.58. The lowest BCUT2D eigenvalue weighted by Crippen LogP contribution is -2.16. The minimum absolute atomic E-state index is 0.0495. The van der Waals surface area contributed by atoms with Crippen molar-refractivity contribution in [1.82, 2.24) is 25.1 Å². The number of carbonyl (C=O) groups excluding carboxylic acids is 1.